The van der Waals surface area contributed by atoms with Gasteiger partial charge in [-0.3, -0.25) is 4.79 Å². The molecule has 0 aliphatic carbocycles. The number of hydrogen-bond acceptors (Lipinski definition) is 4. The average Bonchev–Trinajstić information content (AvgIpc) is 2.39. The van der Waals surface area contributed by atoms with Crippen LogP contribution >= 0.6 is 11.6 Å². The van der Waals surface area contributed by atoms with Crippen molar-refractivity contribution < 1.29 is 13.9 Å². The third-order valence-corrected chi connectivity index (χ3v) is 3.34. The summed E-state index contributed by atoms with van der Waals surface area (Å²) in [5, 5.41) is 0.264. The van der Waals surface area contributed by atoms with E-state index in [4.69, 9.17) is 16.3 Å². The molecule has 1 aliphatic heterocycles. The Morgan fingerprint density at radius 3 is 3.16 bits per heavy atom. The van der Waals surface area contributed by atoms with E-state index in [1.807, 2.05) is 0 Å². The molecule has 1 saturated heterocycles. The molecule has 1 aromatic rings. The topological polar surface area (TPSA) is 42.4 Å². The summed E-state index contributed by atoms with van der Waals surface area (Å²) in [5.74, 6) is -0.650. The minimum atomic E-state index is -0.461. The molecule has 2 rings (SSSR count). The van der Waals surface area contributed by atoms with E-state index in [-0.39, 0.29) is 22.7 Å². The van der Waals surface area contributed by atoms with E-state index < -0.39 is 5.82 Å². The lowest BCUT2D eigenvalue weighted by atomic mass is 9.98. The molecule has 0 saturated carbocycles. The van der Waals surface area contributed by atoms with Crippen LogP contribution in [-0.4, -0.2) is 30.6 Å². The fourth-order valence-corrected chi connectivity index (χ4v) is 2.41. The minimum absolute atomic E-state index is 0.217. The monoisotopic (exact) mass is 286 g/mol. The molecule has 0 N–H and O–H groups in total. The second-order valence-electron chi connectivity index (χ2n) is 4.50. The minimum Gasteiger partial charge on any atom is -0.466 e. The molecule has 1 aliphatic rings. The summed E-state index contributed by atoms with van der Waals surface area (Å²) >= 11 is 5.68. The molecule has 0 amide bonds. The first kappa shape index (κ1) is 14.1. The van der Waals surface area contributed by atoms with Crippen molar-refractivity contribution in [3.8, 4) is 0 Å². The molecule has 1 aromatic heterocycles. The third kappa shape index (κ3) is 3.35. The molecule has 2 heterocycles. The highest BCUT2D eigenvalue weighted by atomic mass is 35.5. The Balaban J connectivity index is 2.10. The molecule has 1 unspecified atom stereocenters. The van der Waals surface area contributed by atoms with Crippen LogP contribution in [0.5, 0.6) is 0 Å². The molecule has 19 heavy (non-hydrogen) atoms. The van der Waals surface area contributed by atoms with E-state index in [1.165, 1.54) is 12.3 Å². The molecule has 6 heteroatoms. The van der Waals surface area contributed by atoms with Crippen LogP contribution in [0.2, 0.25) is 5.02 Å². The van der Waals surface area contributed by atoms with Gasteiger partial charge in [-0.25, -0.2) is 9.37 Å². The van der Waals surface area contributed by atoms with Gasteiger partial charge in [-0.1, -0.05) is 11.6 Å². The van der Waals surface area contributed by atoms with Crippen molar-refractivity contribution in [1.29, 1.82) is 0 Å². The molecular weight excluding hydrogens is 271 g/mol. The number of nitrogens with zero attached hydrogens (tertiary/aromatic N) is 2. The Labute approximate surface area is 116 Å². The third-order valence-electron chi connectivity index (χ3n) is 3.13. The van der Waals surface area contributed by atoms with Crippen molar-refractivity contribution in [2.75, 3.05) is 24.6 Å². The first-order valence-electron chi connectivity index (χ1n) is 6.34. The van der Waals surface area contributed by atoms with E-state index >= 15 is 0 Å². The Bertz CT molecular complexity index is 470. The highest BCUT2D eigenvalue weighted by molar-refractivity contribution is 6.30. The van der Waals surface area contributed by atoms with Gasteiger partial charge in [-0.05, 0) is 25.8 Å². The number of ether oxygens (including phenoxy) is 1. The van der Waals surface area contributed by atoms with Gasteiger partial charge in [0, 0.05) is 19.3 Å². The number of anilines is 1. The first-order valence-corrected chi connectivity index (χ1v) is 6.72. The summed E-state index contributed by atoms with van der Waals surface area (Å²) in [6, 6.07) is 1.23. The van der Waals surface area contributed by atoms with Crippen LogP contribution in [0, 0.1) is 11.7 Å². The van der Waals surface area contributed by atoms with Crippen LogP contribution < -0.4 is 4.90 Å². The van der Waals surface area contributed by atoms with Crippen molar-refractivity contribution in [2.24, 2.45) is 5.92 Å². The normalized spacial score (nSPS) is 19.3. The number of carbonyl (C=O) groups excluding carboxylic acids is 1. The van der Waals surface area contributed by atoms with E-state index in [1.54, 1.807) is 11.8 Å². The molecule has 1 atom stereocenters. The first-order chi connectivity index (χ1) is 9.11. The summed E-state index contributed by atoms with van der Waals surface area (Å²) in [6.45, 7) is 3.26. The van der Waals surface area contributed by atoms with E-state index in [2.05, 4.69) is 4.98 Å². The maximum Gasteiger partial charge on any atom is 0.310 e. The molecule has 4 nitrogen and oxygen atoms in total. The van der Waals surface area contributed by atoms with Crippen LogP contribution in [0.15, 0.2) is 12.3 Å². The predicted molar refractivity (Wildman–Crippen MR) is 70.8 cm³/mol. The number of piperidine rings is 1. The summed E-state index contributed by atoms with van der Waals surface area (Å²) in [4.78, 5) is 17.5. The lowest BCUT2D eigenvalue weighted by molar-refractivity contribution is -0.148. The number of esters is 1. The summed E-state index contributed by atoms with van der Waals surface area (Å²) in [7, 11) is 0. The Morgan fingerprint density at radius 2 is 2.47 bits per heavy atom. The van der Waals surface area contributed by atoms with Crippen molar-refractivity contribution >= 4 is 23.4 Å². The molecule has 1 fully saturated rings. The van der Waals surface area contributed by atoms with Crippen LogP contribution in [0.25, 0.3) is 0 Å². The fraction of sp³-hybridized carbons (Fsp3) is 0.538. The molecule has 104 valence electrons. The molecule has 0 bridgehead atoms. The second-order valence-corrected chi connectivity index (χ2v) is 4.93. The van der Waals surface area contributed by atoms with Crippen molar-refractivity contribution in [3.05, 3.63) is 23.1 Å². The SMILES string of the molecule is CCOC(=O)C1CCCN(c2ncc(Cl)cc2F)C1. The maximum atomic E-state index is 13.8. The maximum absolute atomic E-state index is 13.8. The zero-order valence-corrected chi connectivity index (χ0v) is 11.5. The Morgan fingerprint density at radius 1 is 1.68 bits per heavy atom. The van der Waals surface area contributed by atoms with Gasteiger partial charge in [-0.2, -0.15) is 0 Å². The van der Waals surface area contributed by atoms with Gasteiger partial charge in [0.1, 0.15) is 0 Å². The number of halogens is 2. The quantitative estimate of drug-likeness (QED) is 0.801. The van der Waals surface area contributed by atoms with Crippen LogP contribution in [0.1, 0.15) is 19.8 Å². The smallest absolute Gasteiger partial charge is 0.310 e. The van der Waals surface area contributed by atoms with Crippen LogP contribution in [0.3, 0.4) is 0 Å². The van der Waals surface area contributed by atoms with Gasteiger partial charge in [0.15, 0.2) is 11.6 Å². The highest BCUT2D eigenvalue weighted by Crippen LogP contribution is 2.25. The van der Waals surface area contributed by atoms with Gasteiger partial charge >= 0.3 is 5.97 Å². The number of aromatic nitrogens is 1. The number of hydrogen-bond donors (Lipinski definition) is 0. The van der Waals surface area contributed by atoms with Crippen LogP contribution in [-0.2, 0) is 9.53 Å². The average molecular weight is 287 g/mol. The summed E-state index contributed by atoms with van der Waals surface area (Å²) in [6.07, 6.45) is 2.99. The van der Waals surface area contributed by atoms with Crippen molar-refractivity contribution in [2.45, 2.75) is 19.8 Å². The fourth-order valence-electron chi connectivity index (χ4n) is 2.26. The lowest BCUT2D eigenvalue weighted by Gasteiger charge is -2.32. The summed E-state index contributed by atoms with van der Waals surface area (Å²) < 4.78 is 18.8. The van der Waals surface area contributed by atoms with Gasteiger partial charge in [0.05, 0.1) is 17.5 Å². The zero-order valence-electron chi connectivity index (χ0n) is 10.7. The zero-order chi connectivity index (χ0) is 13.8. The van der Waals surface area contributed by atoms with Gasteiger partial charge in [-0.15, -0.1) is 0 Å². The number of rotatable bonds is 3. The predicted octanol–water partition coefficient (Wildman–Crippen LogP) is 2.65. The van der Waals surface area contributed by atoms with Gasteiger partial charge < -0.3 is 9.64 Å². The van der Waals surface area contributed by atoms with Crippen molar-refractivity contribution in [1.82, 2.24) is 4.98 Å². The highest BCUT2D eigenvalue weighted by Gasteiger charge is 2.28. The van der Waals surface area contributed by atoms with E-state index in [0.717, 1.165) is 12.8 Å². The standard InChI is InChI=1S/C13H16ClFN2O2/c1-2-19-13(18)9-4-3-5-17(8-9)12-11(15)6-10(14)7-16-12/h6-7,9H,2-5,8H2,1H3. The summed E-state index contributed by atoms with van der Waals surface area (Å²) in [5.41, 5.74) is 0. The van der Waals surface area contributed by atoms with Gasteiger partial charge in [0.2, 0.25) is 0 Å². The van der Waals surface area contributed by atoms with Crippen molar-refractivity contribution in [3.63, 3.8) is 0 Å². The molecule has 0 spiro atoms. The largest absolute Gasteiger partial charge is 0.466 e. The Kier molecular flexibility index (Phi) is 4.58. The second kappa shape index (κ2) is 6.19. The molecule has 0 aromatic carbocycles. The number of carbonyl (C=O) groups is 1. The number of pyridine rings is 1. The van der Waals surface area contributed by atoms with E-state index in [0.29, 0.717) is 19.7 Å². The Hall–Kier alpha value is -1.36. The van der Waals surface area contributed by atoms with Crippen LogP contribution in [0.4, 0.5) is 10.2 Å². The molecular formula is C13H16ClFN2O2. The lowest BCUT2D eigenvalue weighted by Crippen LogP contribution is -2.40. The molecule has 0 radical (unpaired) electrons. The van der Waals surface area contributed by atoms with E-state index in [9.17, 15) is 9.18 Å². The van der Waals surface area contributed by atoms with Gasteiger partial charge in [0.25, 0.3) is 0 Å².